The van der Waals surface area contributed by atoms with E-state index in [0.717, 1.165) is 43.3 Å². The molecule has 0 saturated heterocycles. The van der Waals surface area contributed by atoms with Crippen LogP contribution in [-0.2, 0) is 13.1 Å². The number of aryl methyl sites for hydroxylation is 2. The summed E-state index contributed by atoms with van der Waals surface area (Å²) in [6, 6.07) is 0. The Morgan fingerprint density at radius 2 is 2.22 bits per heavy atom. The smallest absolute Gasteiger partial charge is 0.148 e. The maximum absolute atomic E-state index is 6.01. The Labute approximate surface area is 106 Å². The van der Waals surface area contributed by atoms with Crippen LogP contribution < -0.4 is 11.1 Å². The molecular formula is C11H19N7. The highest BCUT2D eigenvalue weighted by molar-refractivity contribution is 5.64. The highest BCUT2D eigenvalue weighted by Gasteiger charge is 2.11. The van der Waals surface area contributed by atoms with Crippen molar-refractivity contribution in [3.8, 4) is 0 Å². The normalized spacial score (nSPS) is 10.8. The molecule has 0 fully saturated rings. The van der Waals surface area contributed by atoms with E-state index in [1.807, 2.05) is 17.8 Å². The van der Waals surface area contributed by atoms with Crippen LogP contribution in [0.2, 0.25) is 0 Å². The number of aromatic nitrogens is 5. The lowest BCUT2D eigenvalue weighted by molar-refractivity contribution is 0.587. The van der Waals surface area contributed by atoms with Gasteiger partial charge in [0, 0.05) is 19.3 Å². The molecule has 0 unspecified atom stereocenters. The monoisotopic (exact) mass is 249 g/mol. The van der Waals surface area contributed by atoms with Gasteiger partial charge in [-0.1, -0.05) is 12.1 Å². The van der Waals surface area contributed by atoms with E-state index in [1.165, 1.54) is 0 Å². The van der Waals surface area contributed by atoms with Crippen molar-refractivity contribution in [2.24, 2.45) is 0 Å². The zero-order valence-electron chi connectivity index (χ0n) is 10.8. The first-order valence-electron chi connectivity index (χ1n) is 6.13. The first-order valence-corrected chi connectivity index (χ1v) is 6.13. The van der Waals surface area contributed by atoms with Crippen LogP contribution >= 0.6 is 0 Å². The summed E-state index contributed by atoms with van der Waals surface area (Å²) in [7, 11) is 0. The van der Waals surface area contributed by atoms with Gasteiger partial charge in [0.1, 0.15) is 5.82 Å². The summed E-state index contributed by atoms with van der Waals surface area (Å²) in [5.41, 5.74) is 7.60. The Morgan fingerprint density at radius 3 is 2.89 bits per heavy atom. The van der Waals surface area contributed by atoms with Gasteiger partial charge < -0.3 is 11.1 Å². The van der Waals surface area contributed by atoms with Crippen LogP contribution in [0.3, 0.4) is 0 Å². The molecule has 2 rings (SSSR count). The molecule has 0 aromatic carbocycles. The number of nitrogen functional groups attached to an aromatic ring is 1. The van der Waals surface area contributed by atoms with Crippen molar-refractivity contribution in [2.45, 2.75) is 33.4 Å². The fraction of sp³-hybridized carbons (Fsp3) is 0.545. The van der Waals surface area contributed by atoms with Crippen LogP contribution in [0, 0.1) is 6.92 Å². The molecule has 7 nitrogen and oxygen atoms in total. The molecule has 98 valence electrons. The summed E-state index contributed by atoms with van der Waals surface area (Å²) in [5.74, 6) is 0.898. The van der Waals surface area contributed by atoms with Crippen molar-refractivity contribution in [1.29, 1.82) is 0 Å². The van der Waals surface area contributed by atoms with Gasteiger partial charge in [-0.25, -0.2) is 4.68 Å². The second-order valence-electron chi connectivity index (χ2n) is 4.16. The topological polar surface area (TPSA) is 86.6 Å². The second kappa shape index (κ2) is 5.52. The molecule has 0 amide bonds. The van der Waals surface area contributed by atoms with Gasteiger partial charge in [-0.15, -0.1) is 5.10 Å². The standard InChI is InChI=1S/C11H19N7/c1-3-6-18-11(10(12)9(2)15-18)13-4-7-17-8-5-14-16-17/h5,8,13H,3-4,6-7,12H2,1-2H3. The van der Waals surface area contributed by atoms with Crippen LogP contribution in [0.1, 0.15) is 19.0 Å². The number of nitrogens with zero attached hydrogens (tertiary/aromatic N) is 5. The van der Waals surface area contributed by atoms with E-state index in [4.69, 9.17) is 5.73 Å². The molecule has 0 saturated carbocycles. The molecule has 0 aliphatic heterocycles. The van der Waals surface area contributed by atoms with Crippen LogP contribution in [0.15, 0.2) is 12.4 Å². The summed E-state index contributed by atoms with van der Waals surface area (Å²) >= 11 is 0. The number of hydrogen-bond acceptors (Lipinski definition) is 5. The van der Waals surface area contributed by atoms with E-state index in [9.17, 15) is 0 Å². The zero-order chi connectivity index (χ0) is 13.0. The van der Waals surface area contributed by atoms with Crippen molar-refractivity contribution in [3.63, 3.8) is 0 Å². The fourth-order valence-corrected chi connectivity index (χ4v) is 1.80. The highest BCUT2D eigenvalue weighted by atomic mass is 15.4. The van der Waals surface area contributed by atoms with E-state index in [1.54, 1.807) is 10.9 Å². The number of nitrogens with two attached hydrogens (primary N) is 1. The van der Waals surface area contributed by atoms with Crippen molar-refractivity contribution >= 4 is 11.5 Å². The Morgan fingerprint density at radius 1 is 1.39 bits per heavy atom. The van der Waals surface area contributed by atoms with Gasteiger partial charge in [0.25, 0.3) is 0 Å². The maximum atomic E-state index is 6.01. The van der Waals surface area contributed by atoms with Gasteiger partial charge in [-0.3, -0.25) is 4.68 Å². The predicted molar refractivity (Wildman–Crippen MR) is 70.2 cm³/mol. The second-order valence-corrected chi connectivity index (χ2v) is 4.16. The van der Waals surface area contributed by atoms with Gasteiger partial charge in [0.2, 0.25) is 0 Å². The molecule has 2 aromatic rings. The van der Waals surface area contributed by atoms with Gasteiger partial charge in [-0.05, 0) is 13.3 Å². The van der Waals surface area contributed by atoms with E-state index in [2.05, 4.69) is 27.7 Å². The first-order chi connectivity index (χ1) is 8.72. The van der Waals surface area contributed by atoms with Crippen LogP contribution in [0.25, 0.3) is 0 Å². The molecule has 3 N–H and O–H groups in total. The van der Waals surface area contributed by atoms with Crippen LogP contribution in [-0.4, -0.2) is 31.3 Å². The Hall–Kier alpha value is -2.05. The fourth-order valence-electron chi connectivity index (χ4n) is 1.80. The minimum absolute atomic E-state index is 0.724. The lowest BCUT2D eigenvalue weighted by atomic mass is 10.4. The molecule has 0 bridgehead atoms. The first kappa shape index (κ1) is 12.4. The molecule has 2 heterocycles. The molecule has 0 spiro atoms. The number of nitrogens with one attached hydrogen (secondary N) is 1. The van der Waals surface area contributed by atoms with E-state index < -0.39 is 0 Å². The molecule has 0 aliphatic carbocycles. The lowest BCUT2D eigenvalue weighted by Gasteiger charge is -2.09. The maximum Gasteiger partial charge on any atom is 0.148 e. The predicted octanol–water partition coefficient (Wildman–Crippen LogP) is 0.887. The largest absolute Gasteiger partial charge is 0.394 e. The van der Waals surface area contributed by atoms with Crippen LogP contribution in [0.5, 0.6) is 0 Å². The number of rotatable bonds is 6. The van der Waals surface area contributed by atoms with Gasteiger partial charge in [0.15, 0.2) is 0 Å². The number of anilines is 2. The average molecular weight is 249 g/mol. The summed E-state index contributed by atoms with van der Waals surface area (Å²) in [6.07, 6.45) is 4.53. The molecule has 0 aliphatic rings. The third-order valence-electron chi connectivity index (χ3n) is 2.71. The molecule has 7 heteroatoms. The zero-order valence-corrected chi connectivity index (χ0v) is 10.8. The Bertz CT molecular complexity index is 486. The van der Waals surface area contributed by atoms with Gasteiger partial charge in [0.05, 0.1) is 24.1 Å². The average Bonchev–Trinajstić information content (AvgIpc) is 2.94. The molecular weight excluding hydrogens is 230 g/mol. The summed E-state index contributed by atoms with van der Waals surface area (Å²) in [5, 5.41) is 15.4. The van der Waals surface area contributed by atoms with E-state index in [0.29, 0.717) is 0 Å². The van der Waals surface area contributed by atoms with Crippen molar-refractivity contribution in [3.05, 3.63) is 18.1 Å². The lowest BCUT2D eigenvalue weighted by Crippen LogP contribution is -2.15. The molecule has 0 atom stereocenters. The minimum Gasteiger partial charge on any atom is -0.394 e. The minimum atomic E-state index is 0.724. The molecule has 18 heavy (non-hydrogen) atoms. The van der Waals surface area contributed by atoms with Gasteiger partial charge in [-0.2, -0.15) is 5.10 Å². The molecule has 0 radical (unpaired) electrons. The van der Waals surface area contributed by atoms with E-state index in [-0.39, 0.29) is 0 Å². The van der Waals surface area contributed by atoms with Crippen molar-refractivity contribution in [1.82, 2.24) is 24.8 Å². The summed E-state index contributed by atoms with van der Waals surface area (Å²) in [6.45, 7) is 6.39. The van der Waals surface area contributed by atoms with Crippen molar-refractivity contribution in [2.75, 3.05) is 17.6 Å². The Kier molecular flexibility index (Phi) is 3.81. The van der Waals surface area contributed by atoms with Crippen LogP contribution in [0.4, 0.5) is 11.5 Å². The van der Waals surface area contributed by atoms with E-state index >= 15 is 0 Å². The molecule has 2 aromatic heterocycles. The third-order valence-corrected chi connectivity index (χ3v) is 2.71. The van der Waals surface area contributed by atoms with Crippen molar-refractivity contribution < 1.29 is 0 Å². The highest BCUT2D eigenvalue weighted by Crippen LogP contribution is 2.22. The summed E-state index contributed by atoms with van der Waals surface area (Å²) < 4.78 is 3.70. The third kappa shape index (κ3) is 2.61. The summed E-state index contributed by atoms with van der Waals surface area (Å²) in [4.78, 5) is 0. The quantitative estimate of drug-likeness (QED) is 0.794. The van der Waals surface area contributed by atoms with Gasteiger partial charge >= 0.3 is 0 Å². The Balaban J connectivity index is 1.99. The number of hydrogen-bond donors (Lipinski definition) is 2. The SMILES string of the molecule is CCCn1nc(C)c(N)c1NCCn1ccnn1.